The maximum absolute atomic E-state index is 12.7. The summed E-state index contributed by atoms with van der Waals surface area (Å²) in [5.41, 5.74) is 5.58. The summed E-state index contributed by atoms with van der Waals surface area (Å²) >= 11 is 1.30. The van der Waals surface area contributed by atoms with E-state index in [0.717, 1.165) is 0 Å². The van der Waals surface area contributed by atoms with E-state index in [0.29, 0.717) is 5.56 Å². The zero-order valence-corrected chi connectivity index (χ0v) is 8.25. The molecular formula is C7H10ClF2NOS. The Labute approximate surface area is 84.8 Å². The number of alkyl halides is 2. The number of halogens is 3. The SMILES string of the molecule is Cl.N[C@H](c1ccsc1)C(F)(F)CO. The van der Waals surface area contributed by atoms with Gasteiger partial charge in [-0.1, -0.05) is 0 Å². The fourth-order valence-corrected chi connectivity index (χ4v) is 1.49. The summed E-state index contributed by atoms with van der Waals surface area (Å²) in [5.74, 6) is -3.24. The molecule has 1 atom stereocenters. The highest BCUT2D eigenvalue weighted by atomic mass is 35.5. The lowest BCUT2D eigenvalue weighted by atomic mass is 10.1. The average Bonchev–Trinajstić information content (AvgIpc) is 2.55. The van der Waals surface area contributed by atoms with Crippen LogP contribution in [0.4, 0.5) is 8.78 Å². The van der Waals surface area contributed by atoms with Crippen molar-refractivity contribution in [3.8, 4) is 0 Å². The van der Waals surface area contributed by atoms with Crippen molar-refractivity contribution in [2.45, 2.75) is 12.0 Å². The predicted molar refractivity (Wildman–Crippen MR) is 50.5 cm³/mol. The molecule has 0 aliphatic rings. The quantitative estimate of drug-likeness (QED) is 0.830. The molecule has 0 spiro atoms. The summed E-state index contributed by atoms with van der Waals surface area (Å²) in [7, 11) is 0. The third kappa shape index (κ3) is 2.87. The van der Waals surface area contributed by atoms with Crippen molar-refractivity contribution in [3.63, 3.8) is 0 Å². The first-order valence-corrected chi connectivity index (χ1v) is 4.28. The Morgan fingerprint density at radius 2 is 2.23 bits per heavy atom. The molecule has 2 nitrogen and oxygen atoms in total. The Kier molecular flexibility index (Phi) is 4.77. The second-order valence-corrected chi connectivity index (χ2v) is 3.23. The fourth-order valence-electron chi connectivity index (χ4n) is 0.794. The van der Waals surface area contributed by atoms with E-state index in [4.69, 9.17) is 10.8 Å². The van der Waals surface area contributed by atoms with Crippen LogP contribution in [0.3, 0.4) is 0 Å². The normalized spacial score (nSPS) is 13.5. The molecule has 1 aromatic heterocycles. The second kappa shape index (κ2) is 4.85. The molecule has 0 aliphatic heterocycles. The number of thiophene rings is 1. The molecule has 76 valence electrons. The van der Waals surface area contributed by atoms with E-state index in [1.165, 1.54) is 17.4 Å². The summed E-state index contributed by atoms with van der Waals surface area (Å²) in [6.45, 7) is -1.22. The van der Waals surface area contributed by atoms with E-state index in [1.54, 1.807) is 10.8 Å². The van der Waals surface area contributed by atoms with Crippen LogP contribution in [0.5, 0.6) is 0 Å². The smallest absolute Gasteiger partial charge is 0.289 e. The van der Waals surface area contributed by atoms with Crippen molar-refractivity contribution >= 4 is 23.7 Å². The predicted octanol–water partition coefficient (Wildman–Crippen LogP) is 1.80. The van der Waals surface area contributed by atoms with Gasteiger partial charge >= 0.3 is 0 Å². The van der Waals surface area contributed by atoms with E-state index in [1.807, 2.05) is 0 Å². The second-order valence-electron chi connectivity index (χ2n) is 2.45. The summed E-state index contributed by atoms with van der Waals surface area (Å²) in [5, 5.41) is 11.6. The minimum Gasteiger partial charge on any atom is -0.390 e. The number of hydrogen-bond acceptors (Lipinski definition) is 3. The number of aliphatic hydroxyl groups excluding tert-OH is 1. The van der Waals surface area contributed by atoms with Crippen LogP contribution in [0.1, 0.15) is 11.6 Å². The molecule has 0 saturated heterocycles. The highest BCUT2D eigenvalue weighted by molar-refractivity contribution is 7.07. The van der Waals surface area contributed by atoms with Crippen molar-refractivity contribution < 1.29 is 13.9 Å². The van der Waals surface area contributed by atoms with Crippen molar-refractivity contribution in [2.75, 3.05) is 6.61 Å². The van der Waals surface area contributed by atoms with Crippen LogP contribution in [-0.4, -0.2) is 17.6 Å². The Morgan fingerprint density at radius 1 is 1.62 bits per heavy atom. The molecule has 0 aromatic carbocycles. The van der Waals surface area contributed by atoms with E-state index < -0.39 is 18.6 Å². The van der Waals surface area contributed by atoms with Crippen LogP contribution < -0.4 is 5.73 Å². The molecule has 0 fully saturated rings. The summed E-state index contributed by atoms with van der Waals surface area (Å²) < 4.78 is 25.5. The molecule has 0 saturated carbocycles. The van der Waals surface area contributed by atoms with Crippen LogP contribution in [-0.2, 0) is 0 Å². The first kappa shape index (κ1) is 12.8. The van der Waals surface area contributed by atoms with Gasteiger partial charge in [0.2, 0.25) is 0 Å². The van der Waals surface area contributed by atoms with Gasteiger partial charge in [-0.15, -0.1) is 12.4 Å². The highest BCUT2D eigenvalue weighted by Crippen LogP contribution is 2.29. The average molecular weight is 230 g/mol. The van der Waals surface area contributed by atoms with Gasteiger partial charge in [0.15, 0.2) is 0 Å². The lowest BCUT2D eigenvalue weighted by Crippen LogP contribution is -2.35. The van der Waals surface area contributed by atoms with E-state index in [2.05, 4.69) is 0 Å². The van der Waals surface area contributed by atoms with Crippen molar-refractivity contribution in [2.24, 2.45) is 5.73 Å². The summed E-state index contributed by atoms with van der Waals surface area (Å²) in [6.07, 6.45) is 0. The van der Waals surface area contributed by atoms with Crippen LogP contribution in [0, 0.1) is 0 Å². The van der Waals surface area contributed by atoms with Gasteiger partial charge in [-0.3, -0.25) is 0 Å². The van der Waals surface area contributed by atoms with Gasteiger partial charge < -0.3 is 10.8 Å². The molecule has 0 bridgehead atoms. The Morgan fingerprint density at radius 3 is 2.62 bits per heavy atom. The molecular weight excluding hydrogens is 220 g/mol. The van der Waals surface area contributed by atoms with Crippen LogP contribution >= 0.6 is 23.7 Å². The van der Waals surface area contributed by atoms with Gasteiger partial charge in [-0.25, -0.2) is 8.78 Å². The Bertz CT molecular complexity index is 243. The van der Waals surface area contributed by atoms with Crippen LogP contribution in [0.2, 0.25) is 0 Å². The molecule has 0 amide bonds. The van der Waals surface area contributed by atoms with Crippen molar-refractivity contribution in [1.82, 2.24) is 0 Å². The number of aliphatic hydroxyl groups is 1. The lowest BCUT2D eigenvalue weighted by Gasteiger charge is -2.20. The number of hydrogen-bond donors (Lipinski definition) is 2. The first-order valence-electron chi connectivity index (χ1n) is 3.34. The van der Waals surface area contributed by atoms with Crippen molar-refractivity contribution in [1.29, 1.82) is 0 Å². The molecule has 13 heavy (non-hydrogen) atoms. The zero-order chi connectivity index (χ0) is 9.19. The van der Waals surface area contributed by atoms with E-state index >= 15 is 0 Å². The maximum atomic E-state index is 12.7. The lowest BCUT2D eigenvalue weighted by molar-refractivity contribution is -0.0710. The molecule has 1 aromatic rings. The van der Waals surface area contributed by atoms with Crippen molar-refractivity contribution in [3.05, 3.63) is 22.4 Å². The molecule has 0 unspecified atom stereocenters. The molecule has 1 heterocycles. The third-order valence-electron chi connectivity index (χ3n) is 1.57. The Hall–Kier alpha value is -0.230. The molecule has 1 rings (SSSR count). The topological polar surface area (TPSA) is 46.2 Å². The fraction of sp³-hybridized carbons (Fsp3) is 0.429. The molecule has 6 heteroatoms. The summed E-state index contributed by atoms with van der Waals surface area (Å²) in [6, 6.07) is 0.118. The third-order valence-corrected chi connectivity index (χ3v) is 2.27. The molecule has 0 radical (unpaired) electrons. The van der Waals surface area contributed by atoms with Gasteiger partial charge in [-0.2, -0.15) is 11.3 Å². The van der Waals surface area contributed by atoms with Gasteiger partial charge in [0.1, 0.15) is 6.61 Å². The monoisotopic (exact) mass is 229 g/mol. The minimum absolute atomic E-state index is 0. The van der Waals surface area contributed by atoms with Gasteiger partial charge in [0.25, 0.3) is 5.92 Å². The van der Waals surface area contributed by atoms with Gasteiger partial charge in [-0.05, 0) is 22.4 Å². The first-order chi connectivity index (χ1) is 5.58. The molecule has 3 N–H and O–H groups in total. The van der Waals surface area contributed by atoms with Gasteiger partial charge in [0.05, 0.1) is 6.04 Å². The molecule has 0 aliphatic carbocycles. The minimum atomic E-state index is -3.24. The van der Waals surface area contributed by atoms with E-state index in [9.17, 15) is 8.78 Å². The van der Waals surface area contributed by atoms with Crippen LogP contribution in [0.15, 0.2) is 16.8 Å². The summed E-state index contributed by atoms with van der Waals surface area (Å²) in [4.78, 5) is 0. The zero-order valence-electron chi connectivity index (χ0n) is 6.61. The maximum Gasteiger partial charge on any atom is 0.289 e. The largest absolute Gasteiger partial charge is 0.390 e. The standard InChI is InChI=1S/C7H9F2NOS.ClH/c8-7(9,4-11)6(10)5-1-2-12-3-5;/h1-3,6,11H,4,10H2;1H/t6-;/m1./s1. The Balaban J connectivity index is 0.00000144. The highest BCUT2D eigenvalue weighted by Gasteiger charge is 2.37. The number of rotatable bonds is 3. The van der Waals surface area contributed by atoms with Gasteiger partial charge in [0, 0.05) is 0 Å². The van der Waals surface area contributed by atoms with Crippen LogP contribution in [0.25, 0.3) is 0 Å². The van der Waals surface area contributed by atoms with E-state index in [-0.39, 0.29) is 12.4 Å². The number of nitrogens with two attached hydrogens (primary N) is 1.